The van der Waals surface area contributed by atoms with Crippen molar-refractivity contribution in [1.29, 1.82) is 0 Å². The summed E-state index contributed by atoms with van der Waals surface area (Å²) in [5, 5.41) is 3.32. The summed E-state index contributed by atoms with van der Waals surface area (Å²) in [5.41, 5.74) is 3.54. The molecule has 0 aliphatic rings. The van der Waals surface area contributed by atoms with Crippen molar-refractivity contribution in [1.82, 2.24) is 19.4 Å². The number of amides is 1. The Bertz CT molecular complexity index is 1390. The van der Waals surface area contributed by atoms with Gasteiger partial charge < -0.3 is 10.1 Å². The van der Waals surface area contributed by atoms with Gasteiger partial charge in [0, 0.05) is 26.2 Å². The Hall–Kier alpha value is -3.75. The molecule has 186 valence electrons. The van der Waals surface area contributed by atoms with Crippen LogP contribution in [0.5, 0.6) is 0 Å². The van der Waals surface area contributed by atoms with Gasteiger partial charge in [-0.3, -0.25) is 23.5 Å². The van der Waals surface area contributed by atoms with E-state index in [9.17, 15) is 19.2 Å². The molecule has 0 aliphatic heterocycles. The highest BCUT2D eigenvalue weighted by molar-refractivity contribution is 5.81. The zero-order valence-corrected chi connectivity index (χ0v) is 21.1. The van der Waals surface area contributed by atoms with E-state index >= 15 is 0 Å². The van der Waals surface area contributed by atoms with Crippen LogP contribution in [0.25, 0.3) is 11.0 Å². The van der Waals surface area contributed by atoms with Crippen LogP contribution in [0.1, 0.15) is 53.8 Å². The summed E-state index contributed by atoms with van der Waals surface area (Å²) in [6.07, 6.45) is 0.535. The fraction of sp³-hybridized carbons (Fsp3) is 0.423. The number of carbonyl (C=O) groups is 2. The van der Waals surface area contributed by atoms with Gasteiger partial charge in [-0.15, -0.1) is 0 Å². The molecule has 0 saturated carbocycles. The summed E-state index contributed by atoms with van der Waals surface area (Å²) < 4.78 is 7.50. The van der Waals surface area contributed by atoms with E-state index in [1.54, 1.807) is 20.9 Å². The Labute approximate surface area is 203 Å². The maximum atomic E-state index is 12.9. The molecule has 0 fully saturated rings. The molecule has 0 saturated heterocycles. The van der Waals surface area contributed by atoms with E-state index in [1.807, 2.05) is 38.1 Å². The van der Waals surface area contributed by atoms with Gasteiger partial charge in [0.15, 0.2) is 0 Å². The van der Waals surface area contributed by atoms with Crippen LogP contribution in [0.4, 0.5) is 0 Å². The number of rotatable bonds is 8. The van der Waals surface area contributed by atoms with Gasteiger partial charge in [0.05, 0.1) is 24.5 Å². The number of ether oxygens (including phenoxy) is 1. The molecule has 9 heteroatoms. The van der Waals surface area contributed by atoms with Crippen molar-refractivity contribution in [3.63, 3.8) is 0 Å². The fourth-order valence-corrected chi connectivity index (χ4v) is 4.25. The summed E-state index contributed by atoms with van der Waals surface area (Å²) in [7, 11) is 3.02. The summed E-state index contributed by atoms with van der Waals surface area (Å²) in [6.45, 7) is 7.59. The molecule has 1 aromatic carbocycles. The van der Waals surface area contributed by atoms with E-state index in [0.717, 1.165) is 21.3 Å². The first-order valence-electron chi connectivity index (χ1n) is 11.6. The van der Waals surface area contributed by atoms with Crippen LogP contribution in [0.15, 0.2) is 33.9 Å². The Morgan fingerprint density at radius 3 is 2.34 bits per heavy atom. The first-order chi connectivity index (χ1) is 16.5. The molecular formula is C26H32N4O5. The molecule has 1 atom stereocenters. The van der Waals surface area contributed by atoms with Gasteiger partial charge >= 0.3 is 11.7 Å². The lowest BCUT2D eigenvalue weighted by Crippen LogP contribution is -2.38. The van der Waals surface area contributed by atoms with Gasteiger partial charge in [0.25, 0.3) is 5.56 Å². The van der Waals surface area contributed by atoms with Gasteiger partial charge in [0.2, 0.25) is 5.91 Å². The molecule has 3 rings (SSSR count). The average molecular weight is 481 g/mol. The number of fused-ring (bicyclic) bond motifs is 1. The maximum Gasteiger partial charge on any atom is 0.332 e. The van der Waals surface area contributed by atoms with Crippen LogP contribution in [0.3, 0.4) is 0 Å². The minimum atomic E-state index is -0.513. The lowest BCUT2D eigenvalue weighted by Gasteiger charge is -2.19. The molecule has 9 nitrogen and oxygen atoms in total. The van der Waals surface area contributed by atoms with E-state index in [2.05, 4.69) is 10.3 Å². The van der Waals surface area contributed by atoms with Crippen LogP contribution >= 0.6 is 0 Å². The molecular weight excluding hydrogens is 448 g/mol. The third-order valence-electron chi connectivity index (χ3n) is 6.26. The molecule has 1 amide bonds. The fourth-order valence-electron chi connectivity index (χ4n) is 4.25. The zero-order chi connectivity index (χ0) is 25.9. The van der Waals surface area contributed by atoms with Crippen molar-refractivity contribution in [2.24, 2.45) is 14.1 Å². The Morgan fingerprint density at radius 1 is 1.06 bits per heavy atom. The SMILES string of the molecule is CCOC(=O)C[C@@H](NC(=O)CCc1c(C)nc2c(c1C)c(=O)n(C)c(=O)n2C)c1ccc(C)cc1. The summed E-state index contributed by atoms with van der Waals surface area (Å²) >= 11 is 0. The number of pyridine rings is 1. The van der Waals surface area contributed by atoms with Crippen LogP contribution < -0.4 is 16.6 Å². The normalized spacial score (nSPS) is 11.9. The van der Waals surface area contributed by atoms with Crippen LogP contribution in [-0.2, 0) is 34.8 Å². The van der Waals surface area contributed by atoms with Gasteiger partial charge in [-0.05, 0) is 50.8 Å². The van der Waals surface area contributed by atoms with Crippen molar-refractivity contribution in [3.8, 4) is 0 Å². The molecule has 0 radical (unpaired) electrons. The van der Waals surface area contributed by atoms with Crippen molar-refractivity contribution in [2.45, 2.75) is 53.0 Å². The molecule has 3 aromatic rings. The summed E-state index contributed by atoms with van der Waals surface area (Å²) in [4.78, 5) is 54.6. The number of nitrogens with zero attached hydrogens (tertiary/aromatic N) is 3. The lowest BCUT2D eigenvalue weighted by molar-refractivity contribution is -0.143. The lowest BCUT2D eigenvalue weighted by atomic mass is 9.99. The highest BCUT2D eigenvalue weighted by atomic mass is 16.5. The van der Waals surface area contributed by atoms with Gasteiger partial charge in [-0.25, -0.2) is 9.78 Å². The quantitative estimate of drug-likeness (QED) is 0.495. The Kier molecular flexibility index (Phi) is 7.89. The Balaban J connectivity index is 1.85. The third kappa shape index (κ3) is 5.50. The van der Waals surface area contributed by atoms with Crippen molar-refractivity contribution >= 4 is 22.9 Å². The van der Waals surface area contributed by atoms with Gasteiger partial charge in [-0.2, -0.15) is 0 Å². The molecule has 35 heavy (non-hydrogen) atoms. The molecule has 0 unspecified atom stereocenters. The van der Waals surface area contributed by atoms with E-state index < -0.39 is 17.3 Å². The second-order valence-corrected chi connectivity index (χ2v) is 8.75. The molecule has 2 aromatic heterocycles. The van der Waals surface area contributed by atoms with Crippen molar-refractivity contribution in [2.75, 3.05) is 6.61 Å². The summed E-state index contributed by atoms with van der Waals surface area (Å²) in [6, 6.07) is 7.13. The minimum Gasteiger partial charge on any atom is -0.466 e. The predicted octanol–water partition coefficient (Wildman–Crippen LogP) is 2.30. The van der Waals surface area contributed by atoms with Crippen LogP contribution in [-0.4, -0.2) is 32.6 Å². The minimum absolute atomic E-state index is 0.0301. The number of hydrogen-bond acceptors (Lipinski definition) is 6. The average Bonchev–Trinajstić information content (AvgIpc) is 2.81. The smallest absolute Gasteiger partial charge is 0.332 e. The number of carbonyl (C=O) groups excluding carboxylic acids is 2. The van der Waals surface area contributed by atoms with Gasteiger partial charge in [-0.1, -0.05) is 29.8 Å². The number of nitrogens with one attached hydrogen (secondary N) is 1. The second kappa shape index (κ2) is 10.7. The first-order valence-corrected chi connectivity index (χ1v) is 11.6. The standard InChI is InChI=1S/C26H32N4O5/c1-7-35-22(32)14-20(18-10-8-15(2)9-11-18)28-21(31)13-12-19-16(3)23-24(27-17(19)4)29(5)26(34)30(6)25(23)33/h8-11,20H,7,12-14H2,1-6H3,(H,28,31)/t20-/m1/s1. The molecule has 2 heterocycles. The number of esters is 1. The Morgan fingerprint density at radius 2 is 1.71 bits per heavy atom. The number of hydrogen-bond donors (Lipinski definition) is 1. The van der Waals surface area contributed by atoms with E-state index in [-0.39, 0.29) is 31.3 Å². The van der Waals surface area contributed by atoms with E-state index in [1.165, 1.54) is 11.6 Å². The van der Waals surface area contributed by atoms with Gasteiger partial charge in [0.1, 0.15) is 5.65 Å². The van der Waals surface area contributed by atoms with E-state index in [4.69, 9.17) is 4.74 Å². The highest BCUT2D eigenvalue weighted by Gasteiger charge is 2.21. The monoisotopic (exact) mass is 480 g/mol. The third-order valence-corrected chi connectivity index (χ3v) is 6.26. The molecule has 0 aliphatic carbocycles. The highest BCUT2D eigenvalue weighted by Crippen LogP contribution is 2.22. The topological polar surface area (TPSA) is 112 Å². The molecule has 0 spiro atoms. The number of aryl methyl sites for hydroxylation is 4. The molecule has 0 bridgehead atoms. The zero-order valence-electron chi connectivity index (χ0n) is 21.1. The maximum absolute atomic E-state index is 12.9. The second-order valence-electron chi connectivity index (χ2n) is 8.75. The largest absolute Gasteiger partial charge is 0.466 e. The number of benzene rings is 1. The van der Waals surface area contributed by atoms with Crippen LogP contribution in [0, 0.1) is 20.8 Å². The van der Waals surface area contributed by atoms with E-state index in [0.29, 0.717) is 28.7 Å². The molecule has 1 N–H and O–H groups in total. The predicted molar refractivity (Wildman–Crippen MR) is 133 cm³/mol. The first kappa shape index (κ1) is 25.9. The van der Waals surface area contributed by atoms with Crippen molar-refractivity contribution < 1.29 is 14.3 Å². The van der Waals surface area contributed by atoms with Crippen molar-refractivity contribution in [3.05, 3.63) is 73.1 Å². The number of aromatic nitrogens is 3. The summed E-state index contributed by atoms with van der Waals surface area (Å²) in [5.74, 6) is -0.614. The van der Waals surface area contributed by atoms with Crippen LogP contribution in [0.2, 0.25) is 0 Å².